The van der Waals surface area contributed by atoms with E-state index in [-0.39, 0.29) is 0 Å². The van der Waals surface area contributed by atoms with Gasteiger partial charge in [0.1, 0.15) is 22.8 Å². The predicted octanol–water partition coefficient (Wildman–Crippen LogP) is 12.1. The Kier molecular flexibility index (Phi) is 23.2. The van der Waals surface area contributed by atoms with Crippen molar-refractivity contribution in [3.8, 4) is 70.1 Å². The first-order valence-electron chi connectivity index (χ1n) is 24.0. The smallest absolute Gasteiger partial charge is 0.115 e. The van der Waals surface area contributed by atoms with Gasteiger partial charge in [0, 0.05) is 26.4 Å². The van der Waals surface area contributed by atoms with E-state index in [1.54, 1.807) is 0 Å². The van der Waals surface area contributed by atoms with E-state index in [9.17, 15) is 0 Å². The van der Waals surface area contributed by atoms with Gasteiger partial charge in [0.05, 0.1) is 49.2 Å². The van der Waals surface area contributed by atoms with Crippen LogP contribution in [-0.2, 0) is 45.4 Å². The molecule has 8 bridgehead atoms. The van der Waals surface area contributed by atoms with Gasteiger partial charge in [-0.2, -0.15) is 0 Å². The molecular formula is C56H68N4O4. The van der Waals surface area contributed by atoms with Gasteiger partial charge in [0.15, 0.2) is 0 Å². The quantitative estimate of drug-likeness (QED) is 0.0412. The van der Waals surface area contributed by atoms with E-state index in [4.69, 9.17) is 38.9 Å². The van der Waals surface area contributed by atoms with Crippen molar-refractivity contribution in [2.45, 2.75) is 157 Å². The van der Waals surface area contributed by atoms with Gasteiger partial charge < -0.3 is 18.9 Å². The Morgan fingerprint density at radius 1 is 0.312 bits per heavy atom. The van der Waals surface area contributed by atoms with Crippen molar-refractivity contribution in [3.63, 3.8) is 0 Å². The third kappa shape index (κ3) is 18.8. The van der Waals surface area contributed by atoms with Crippen LogP contribution < -0.4 is 0 Å². The van der Waals surface area contributed by atoms with E-state index >= 15 is 0 Å². The van der Waals surface area contributed by atoms with Crippen molar-refractivity contribution in [1.82, 2.24) is 19.9 Å². The Labute approximate surface area is 384 Å². The zero-order chi connectivity index (χ0) is 44.9. The minimum atomic E-state index is 0.436. The molecule has 5 heterocycles. The second-order valence-electron chi connectivity index (χ2n) is 16.4. The van der Waals surface area contributed by atoms with Crippen LogP contribution in [0.15, 0.2) is 48.5 Å². The van der Waals surface area contributed by atoms with Crippen LogP contribution >= 0.6 is 0 Å². The number of unbranched alkanes of at least 4 members (excludes halogenated alkanes) is 12. The molecule has 5 rings (SSSR count). The summed E-state index contributed by atoms with van der Waals surface area (Å²) in [7, 11) is 0. The van der Waals surface area contributed by atoms with Crippen molar-refractivity contribution in [3.05, 3.63) is 93.6 Å². The lowest BCUT2D eigenvalue weighted by atomic mass is 10.1. The molecule has 4 aromatic heterocycles. The number of rotatable bonds is 28. The van der Waals surface area contributed by atoms with E-state index in [1.165, 1.54) is 51.4 Å². The Bertz CT molecular complexity index is 1980. The summed E-state index contributed by atoms with van der Waals surface area (Å²) < 4.78 is 24.6. The number of fused-ring (bicyclic) bond motifs is 10. The second kappa shape index (κ2) is 29.9. The van der Waals surface area contributed by atoms with Crippen LogP contribution in [-0.4, -0.2) is 46.4 Å². The number of pyridine rings is 4. The fourth-order valence-electron chi connectivity index (χ4n) is 7.13. The molecule has 336 valence electrons. The van der Waals surface area contributed by atoms with Gasteiger partial charge >= 0.3 is 0 Å². The highest BCUT2D eigenvalue weighted by atomic mass is 16.5. The van der Waals surface area contributed by atoms with Crippen LogP contribution in [0.5, 0.6) is 0 Å². The molecule has 8 heteroatoms. The summed E-state index contributed by atoms with van der Waals surface area (Å²) in [4.78, 5) is 19.9. The first kappa shape index (κ1) is 49.7. The molecule has 0 fully saturated rings. The fraction of sp³-hybridized carbons (Fsp3) is 0.500. The summed E-state index contributed by atoms with van der Waals surface area (Å²) in [6, 6.07) is 16.0. The molecule has 0 saturated heterocycles. The number of nitrogens with zero attached hydrogens (tertiary/aromatic N) is 4. The Morgan fingerprint density at radius 2 is 0.547 bits per heavy atom. The lowest BCUT2D eigenvalue weighted by Gasteiger charge is -2.10. The van der Waals surface area contributed by atoms with Crippen molar-refractivity contribution >= 4 is 0 Å². The van der Waals surface area contributed by atoms with E-state index in [2.05, 4.69) is 75.1 Å². The van der Waals surface area contributed by atoms with Gasteiger partial charge in [-0.1, -0.05) is 105 Å². The van der Waals surface area contributed by atoms with Crippen LogP contribution in [0.3, 0.4) is 0 Å². The number of hydrogen-bond acceptors (Lipinski definition) is 8. The topological polar surface area (TPSA) is 88.5 Å². The van der Waals surface area contributed by atoms with Gasteiger partial charge in [0.25, 0.3) is 0 Å². The van der Waals surface area contributed by atoms with Crippen LogP contribution in [0, 0.1) is 47.4 Å². The monoisotopic (exact) mass is 861 g/mol. The Balaban J connectivity index is 1.56. The molecule has 64 heavy (non-hydrogen) atoms. The molecule has 0 unspecified atom stereocenters. The average molecular weight is 861 g/mol. The molecule has 0 aliphatic carbocycles. The maximum absolute atomic E-state index is 6.14. The summed E-state index contributed by atoms with van der Waals surface area (Å²) in [6.07, 6.45) is 18.3. The molecule has 0 amide bonds. The molecule has 8 nitrogen and oxygen atoms in total. The number of aromatic nitrogens is 4. The third-order valence-electron chi connectivity index (χ3n) is 10.6. The summed E-state index contributed by atoms with van der Waals surface area (Å²) in [6.45, 7) is 13.4. The van der Waals surface area contributed by atoms with E-state index in [1.807, 2.05) is 48.5 Å². The molecule has 0 spiro atoms. The summed E-state index contributed by atoms with van der Waals surface area (Å²) in [5.74, 6) is 25.1. The molecule has 0 saturated carbocycles. The van der Waals surface area contributed by atoms with Gasteiger partial charge in [-0.15, -0.1) is 0 Å². The zero-order valence-electron chi connectivity index (χ0n) is 39.0. The highest BCUT2D eigenvalue weighted by molar-refractivity contribution is 5.61. The minimum Gasteiger partial charge on any atom is -0.377 e. The number of ether oxygens (including phenoxy) is 4. The molecule has 4 aromatic rings. The van der Waals surface area contributed by atoms with Crippen molar-refractivity contribution in [2.24, 2.45) is 0 Å². The first-order valence-corrected chi connectivity index (χ1v) is 24.0. The summed E-state index contributed by atoms with van der Waals surface area (Å²) in [5, 5.41) is 0. The molecule has 0 atom stereocenters. The van der Waals surface area contributed by atoms with Gasteiger partial charge in [0.2, 0.25) is 0 Å². The molecule has 1 aliphatic rings. The molecule has 1 aliphatic heterocycles. The Hall–Kier alpha value is -5.32. The van der Waals surface area contributed by atoms with Gasteiger partial charge in [-0.3, -0.25) is 0 Å². The van der Waals surface area contributed by atoms with Gasteiger partial charge in [-0.25, -0.2) is 19.9 Å². The van der Waals surface area contributed by atoms with Crippen molar-refractivity contribution < 1.29 is 18.9 Å². The third-order valence-corrected chi connectivity index (χ3v) is 10.6. The Morgan fingerprint density at radius 3 is 0.766 bits per heavy atom. The minimum absolute atomic E-state index is 0.436. The fourth-order valence-corrected chi connectivity index (χ4v) is 7.13. The van der Waals surface area contributed by atoms with Gasteiger partial charge in [-0.05, 0) is 144 Å². The lowest BCUT2D eigenvalue weighted by molar-refractivity contribution is 0.116. The average Bonchev–Trinajstić information content (AvgIpc) is 3.31. The van der Waals surface area contributed by atoms with Crippen LogP contribution in [0.2, 0.25) is 0 Å². The largest absolute Gasteiger partial charge is 0.377 e. The van der Waals surface area contributed by atoms with Crippen LogP contribution in [0.1, 0.15) is 175 Å². The lowest BCUT2D eigenvalue weighted by Crippen LogP contribution is -2.02. The highest BCUT2D eigenvalue weighted by Gasteiger charge is 2.12. The summed E-state index contributed by atoms with van der Waals surface area (Å²) in [5.41, 5.74) is 8.82. The van der Waals surface area contributed by atoms with E-state index in [0.29, 0.717) is 98.4 Å². The molecule has 0 radical (unpaired) electrons. The maximum atomic E-state index is 6.14. The molecular weight excluding hydrogens is 793 g/mol. The molecule has 0 aromatic carbocycles. The highest BCUT2D eigenvalue weighted by Crippen LogP contribution is 2.23. The maximum Gasteiger partial charge on any atom is 0.115 e. The van der Waals surface area contributed by atoms with Crippen molar-refractivity contribution in [2.75, 3.05) is 26.4 Å². The standard InChI is InChI=1S/C56H68N4O4/c1-5-9-13-21-29-61-41-45-33-49-25-17-18-26-51-35-47(43-63-31-23-15-11-7-3)39-55(59-51)56-40-48(44-64-32-24-16-12-8-4)36-52(60-56)28-20-19-27-50-34-46(42-62-30-22-14-10-6-2)38-54(58-50)53(37-45)57-49/h33-40H,5-16,21-24,29-32,41-44H2,1-4H3. The first-order chi connectivity index (χ1) is 31.6. The van der Waals surface area contributed by atoms with Crippen molar-refractivity contribution in [1.29, 1.82) is 0 Å². The normalized spacial score (nSPS) is 11.3. The zero-order valence-corrected chi connectivity index (χ0v) is 39.0. The molecule has 0 N–H and O–H groups in total. The SMILES string of the molecule is CCCCCCOCc1cc2nc(c1)-c1cc(COCCCCCC)cc(n1)C#CC#Cc1cc(COCCCCCC)cc(n1)-c1cc(COCCCCCC)cc(n1)C#CC#C2. The van der Waals surface area contributed by atoms with E-state index < -0.39 is 0 Å². The van der Waals surface area contributed by atoms with Crippen LogP contribution in [0.25, 0.3) is 22.8 Å². The predicted molar refractivity (Wildman–Crippen MR) is 258 cm³/mol. The van der Waals surface area contributed by atoms with E-state index in [0.717, 1.165) is 73.6 Å². The summed E-state index contributed by atoms with van der Waals surface area (Å²) >= 11 is 0. The number of hydrogen-bond donors (Lipinski definition) is 0. The van der Waals surface area contributed by atoms with Crippen LogP contribution in [0.4, 0.5) is 0 Å². The second-order valence-corrected chi connectivity index (χ2v) is 16.4.